The molecule has 0 aromatic carbocycles. The molecule has 1 atom stereocenters. The quantitative estimate of drug-likeness (QED) is 0.796. The Balaban J connectivity index is 1.77. The minimum Gasteiger partial charge on any atom is -0.480 e. The first-order valence-electron chi connectivity index (χ1n) is 8.95. The van der Waals surface area contributed by atoms with Crippen molar-refractivity contribution in [1.29, 1.82) is 0 Å². The predicted molar refractivity (Wildman–Crippen MR) is 89.4 cm³/mol. The van der Waals surface area contributed by atoms with Crippen molar-refractivity contribution in [1.82, 2.24) is 14.7 Å². The monoisotopic (exact) mass is 325 g/mol. The largest absolute Gasteiger partial charge is 0.480 e. The van der Waals surface area contributed by atoms with E-state index < -0.39 is 5.97 Å². The molecule has 6 heteroatoms. The Labute approximate surface area is 139 Å². The number of hydrogen-bond acceptors (Lipinski definition) is 4. The molecule has 0 bridgehead atoms. The molecule has 2 rings (SSSR count). The Morgan fingerprint density at radius 1 is 1.13 bits per heavy atom. The van der Waals surface area contributed by atoms with Crippen molar-refractivity contribution in [3.8, 4) is 0 Å². The number of carbonyl (C=O) groups excluding carboxylic acids is 1. The van der Waals surface area contributed by atoms with E-state index in [9.17, 15) is 9.59 Å². The lowest BCUT2D eigenvalue weighted by atomic mass is 9.99. The van der Waals surface area contributed by atoms with Crippen LogP contribution in [0.25, 0.3) is 0 Å². The number of nitrogens with zero attached hydrogens (tertiary/aromatic N) is 3. The van der Waals surface area contributed by atoms with Gasteiger partial charge >= 0.3 is 5.97 Å². The second kappa shape index (κ2) is 8.64. The van der Waals surface area contributed by atoms with Crippen molar-refractivity contribution >= 4 is 11.9 Å². The number of carboxylic acids is 1. The average molecular weight is 325 g/mol. The van der Waals surface area contributed by atoms with Crippen molar-refractivity contribution in [2.45, 2.75) is 57.5 Å². The topological polar surface area (TPSA) is 64.1 Å². The maximum atomic E-state index is 12.6. The molecule has 0 spiro atoms. The van der Waals surface area contributed by atoms with Crippen LogP contribution in [0, 0.1) is 0 Å². The summed E-state index contributed by atoms with van der Waals surface area (Å²) in [6.07, 6.45) is 6.44. The van der Waals surface area contributed by atoms with Gasteiger partial charge in [-0.2, -0.15) is 0 Å². The van der Waals surface area contributed by atoms with Crippen molar-refractivity contribution in [3.05, 3.63) is 0 Å². The van der Waals surface area contributed by atoms with E-state index in [0.717, 1.165) is 51.7 Å². The Kier molecular flexibility index (Phi) is 6.84. The third-order valence-corrected chi connectivity index (χ3v) is 5.34. The van der Waals surface area contributed by atoms with E-state index in [1.165, 1.54) is 6.42 Å². The molecule has 2 aliphatic rings. The zero-order chi connectivity index (χ0) is 16.8. The molecule has 0 aromatic heterocycles. The van der Waals surface area contributed by atoms with Crippen LogP contribution < -0.4 is 0 Å². The molecule has 2 fully saturated rings. The van der Waals surface area contributed by atoms with Crippen LogP contribution in [0.1, 0.15) is 45.4 Å². The fourth-order valence-corrected chi connectivity index (χ4v) is 3.90. The lowest BCUT2D eigenvalue weighted by molar-refractivity contribution is -0.138. The lowest BCUT2D eigenvalue weighted by Crippen LogP contribution is -2.51. The highest BCUT2D eigenvalue weighted by Crippen LogP contribution is 2.21. The smallest absolute Gasteiger partial charge is 0.317 e. The molecule has 0 saturated carbocycles. The molecule has 2 heterocycles. The highest BCUT2D eigenvalue weighted by molar-refractivity contribution is 5.78. The lowest BCUT2D eigenvalue weighted by Gasteiger charge is -2.39. The van der Waals surface area contributed by atoms with Gasteiger partial charge in [0.1, 0.15) is 0 Å². The Morgan fingerprint density at radius 2 is 1.83 bits per heavy atom. The van der Waals surface area contributed by atoms with E-state index in [2.05, 4.69) is 16.7 Å². The van der Waals surface area contributed by atoms with Gasteiger partial charge in [0, 0.05) is 31.7 Å². The molecular formula is C17H31N3O3. The summed E-state index contributed by atoms with van der Waals surface area (Å²) >= 11 is 0. The van der Waals surface area contributed by atoms with E-state index in [0.29, 0.717) is 18.6 Å². The minimum atomic E-state index is -0.777. The predicted octanol–water partition coefficient (Wildman–Crippen LogP) is 1.26. The van der Waals surface area contributed by atoms with Crippen molar-refractivity contribution < 1.29 is 14.7 Å². The molecule has 0 radical (unpaired) electrons. The van der Waals surface area contributed by atoms with Gasteiger partial charge in [0.15, 0.2) is 0 Å². The van der Waals surface area contributed by atoms with Gasteiger partial charge in [0.2, 0.25) is 5.91 Å². The van der Waals surface area contributed by atoms with E-state index in [1.54, 1.807) is 0 Å². The molecule has 1 unspecified atom stereocenters. The van der Waals surface area contributed by atoms with Crippen LogP contribution in [0.15, 0.2) is 0 Å². The van der Waals surface area contributed by atoms with E-state index in [4.69, 9.17) is 5.11 Å². The summed E-state index contributed by atoms with van der Waals surface area (Å²) in [5.74, 6) is -0.505. The van der Waals surface area contributed by atoms with Crippen LogP contribution in [0.2, 0.25) is 0 Å². The normalized spacial score (nSPS) is 24.1. The molecular weight excluding hydrogens is 294 g/mol. The van der Waals surface area contributed by atoms with Crippen LogP contribution in [-0.2, 0) is 9.59 Å². The second-order valence-electron chi connectivity index (χ2n) is 6.96. The number of carboxylic acid groups (broad SMARTS) is 1. The van der Waals surface area contributed by atoms with Crippen LogP contribution in [0.3, 0.4) is 0 Å². The molecule has 6 nitrogen and oxygen atoms in total. The number of hydrogen-bond donors (Lipinski definition) is 1. The molecule has 132 valence electrons. The van der Waals surface area contributed by atoms with Gasteiger partial charge in [-0.05, 0) is 45.6 Å². The van der Waals surface area contributed by atoms with Crippen LogP contribution >= 0.6 is 0 Å². The fourth-order valence-electron chi connectivity index (χ4n) is 3.90. The highest BCUT2D eigenvalue weighted by atomic mass is 16.4. The van der Waals surface area contributed by atoms with Gasteiger partial charge in [0.05, 0.1) is 13.1 Å². The standard InChI is InChI=1S/C17H31N3O3/c1-3-14-6-4-5-9-20(14)16(21)12-19-10-7-15(8-11-19)18(2)13-17(22)23/h14-15H,3-13H2,1-2H3,(H,22,23). The summed E-state index contributed by atoms with van der Waals surface area (Å²) in [4.78, 5) is 29.6. The molecule has 0 aromatic rings. The summed E-state index contributed by atoms with van der Waals surface area (Å²) in [5, 5.41) is 8.88. The van der Waals surface area contributed by atoms with Crippen molar-refractivity contribution in [2.75, 3.05) is 39.8 Å². The maximum Gasteiger partial charge on any atom is 0.317 e. The summed E-state index contributed by atoms with van der Waals surface area (Å²) < 4.78 is 0. The van der Waals surface area contributed by atoms with Crippen LogP contribution in [0.5, 0.6) is 0 Å². The molecule has 23 heavy (non-hydrogen) atoms. The molecule has 1 N–H and O–H groups in total. The molecule has 1 amide bonds. The fraction of sp³-hybridized carbons (Fsp3) is 0.882. The number of carbonyl (C=O) groups is 2. The number of likely N-dealkylation sites (tertiary alicyclic amines) is 2. The van der Waals surface area contributed by atoms with Crippen molar-refractivity contribution in [2.24, 2.45) is 0 Å². The SMILES string of the molecule is CCC1CCCCN1C(=O)CN1CCC(N(C)CC(=O)O)CC1. The molecule has 2 saturated heterocycles. The number of aliphatic carboxylic acids is 1. The zero-order valence-corrected chi connectivity index (χ0v) is 14.5. The van der Waals surface area contributed by atoms with Gasteiger partial charge in [-0.25, -0.2) is 0 Å². The van der Waals surface area contributed by atoms with Gasteiger partial charge in [0.25, 0.3) is 0 Å². The third kappa shape index (κ3) is 5.18. The molecule has 2 aliphatic heterocycles. The highest BCUT2D eigenvalue weighted by Gasteiger charge is 2.29. The third-order valence-electron chi connectivity index (χ3n) is 5.34. The summed E-state index contributed by atoms with van der Waals surface area (Å²) in [5.41, 5.74) is 0. The van der Waals surface area contributed by atoms with Gasteiger partial charge in [-0.1, -0.05) is 6.92 Å². The Hall–Kier alpha value is -1.14. The summed E-state index contributed by atoms with van der Waals surface area (Å²) in [7, 11) is 1.87. The number of piperidine rings is 2. The van der Waals surface area contributed by atoms with Gasteiger partial charge in [-0.15, -0.1) is 0 Å². The minimum absolute atomic E-state index is 0.0928. The molecule has 0 aliphatic carbocycles. The Morgan fingerprint density at radius 3 is 2.43 bits per heavy atom. The first kappa shape index (κ1) is 18.2. The number of likely N-dealkylation sites (N-methyl/N-ethyl adjacent to an activating group) is 1. The maximum absolute atomic E-state index is 12.6. The first-order valence-corrected chi connectivity index (χ1v) is 8.95. The summed E-state index contributed by atoms with van der Waals surface area (Å²) in [6.45, 7) is 5.45. The zero-order valence-electron chi connectivity index (χ0n) is 14.5. The van der Waals surface area contributed by atoms with Crippen LogP contribution in [0.4, 0.5) is 0 Å². The number of rotatable bonds is 6. The van der Waals surface area contributed by atoms with Crippen LogP contribution in [-0.4, -0.2) is 83.5 Å². The van der Waals surface area contributed by atoms with Gasteiger partial charge < -0.3 is 10.0 Å². The van der Waals surface area contributed by atoms with E-state index >= 15 is 0 Å². The Bertz CT molecular complexity index is 408. The van der Waals surface area contributed by atoms with Crippen molar-refractivity contribution in [3.63, 3.8) is 0 Å². The van der Waals surface area contributed by atoms with Gasteiger partial charge in [-0.3, -0.25) is 19.4 Å². The average Bonchev–Trinajstić information content (AvgIpc) is 2.54. The second-order valence-corrected chi connectivity index (χ2v) is 6.96. The number of amides is 1. The first-order chi connectivity index (χ1) is 11.0. The summed E-state index contributed by atoms with van der Waals surface area (Å²) in [6, 6.07) is 0.742. The van der Waals surface area contributed by atoms with E-state index in [1.807, 2.05) is 11.9 Å². The van der Waals surface area contributed by atoms with E-state index in [-0.39, 0.29) is 12.5 Å².